The van der Waals surface area contributed by atoms with Crippen LogP contribution in [0, 0.1) is 0 Å². The van der Waals surface area contributed by atoms with Gasteiger partial charge in [0, 0.05) is 0 Å². The Morgan fingerprint density at radius 2 is 1.20 bits per heavy atom. The van der Waals surface area contributed by atoms with E-state index < -0.39 is 0 Å². The molecule has 2 nitrogen and oxygen atoms in total. The number of hydrogen-bond donors (Lipinski definition) is 1. The number of unbranched alkanes of at least 4 members (excludes halogenated alkanes) is 11. The van der Waals surface area contributed by atoms with Crippen LogP contribution in [0.15, 0.2) is 0 Å². The molecule has 0 fully saturated rings. The summed E-state index contributed by atoms with van der Waals surface area (Å²) in [6.07, 6.45) is 17.7. The summed E-state index contributed by atoms with van der Waals surface area (Å²) in [5.41, 5.74) is 2.99. The Kier molecular flexibility index (Phi) is 17.8. The molecule has 20 heavy (non-hydrogen) atoms. The van der Waals surface area contributed by atoms with Crippen LogP contribution in [0.3, 0.4) is 0 Å². The smallest absolute Gasteiger partial charge is 0.0869 e. The highest BCUT2D eigenvalue weighted by Crippen LogP contribution is 2.11. The molecule has 0 aromatic heterocycles. The number of alkyl halides is 1. The van der Waals surface area contributed by atoms with Gasteiger partial charge >= 0.3 is 0 Å². The summed E-state index contributed by atoms with van der Waals surface area (Å²) < 4.78 is 0. The predicted molar refractivity (Wildman–Crippen MR) is 93.2 cm³/mol. The topological polar surface area (TPSA) is 21.3 Å². The van der Waals surface area contributed by atoms with Crippen LogP contribution in [0.2, 0.25) is 0 Å². The second-order valence-electron chi connectivity index (χ2n) is 5.73. The summed E-state index contributed by atoms with van der Waals surface area (Å²) in [4.78, 5) is 5.67. The molecule has 0 heterocycles. The minimum absolute atomic E-state index is 0.292. The maximum Gasteiger partial charge on any atom is 0.0869 e. The van der Waals surface area contributed by atoms with Gasteiger partial charge < -0.3 is 4.84 Å². The molecule has 0 aliphatic heterocycles. The van der Waals surface area contributed by atoms with E-state index in [4.69, 9.17) is 4.84 Å². The van der Waals surface area contributed by atoms with E-state index in [1.165, 1.54) is 77.0 Å². The highest BCUT2D eigenvalue weighted by atomic mass is 79.9. The van der Waals surface area contributed by atoms with Crippen molar-refractivity contribution in [1.82, 2.24) is 5.48 Å². The molecule has 0 spiro atoms. The fraction of sp³-hybridized carbons (Fsp3) is 1.00. The zero-order valence-corrected chi connectivity index (χ0v) is 15.3. The molecule has 0 saturated heterocycles. The molecule has 0 amide bonds. The third kappa shape index (κ3) is 16.5. The molecule has 0 aromatic rings. The lowest BCUT2D eigenvalue weighted by Crippen LogP contribution is -2.23. The standard InChI is InChI=1S/C17H36BrNO/c1-3-5-6-7-8-9-10-11-12-13-14-15-16-20-19-17(18)4-2/h17,19H,3-16H2,1-2H3. The first-order chi connectivity index (χ1) is 9.81. The van der Waals surface area contributed by atoms with Gasteiger partial charge in [0.2, 0.25) is 0 Å². The summed E-state index contributed by atoms with van der Waals surface area (Å²) in [5.74, 6) is 0. The van der Waals surface area contributed by atoms with Crippen molar-refractivity contribution in [3.63, 3.8) is 0 Å². The Hall–Kier alpha value is 0.400. The summed E-state index contributed by atoms with van der Waals surface area (Å²) in [6.45, 7) is 5.24. The van der Waals surface area contributed by atoms with Crippen molar-refractivity contribution in [2.24, 2.45) is 0 Å². The van der Waals surface area contributed by atoms with E-state index in [9.17, 15) is 0 Å². The maximum absolute atomic E-state index is 5.38. The van der Waals surface area contributed by atoms with E-state index in [1.807, 2.05) is 0 Å². The summed E-state index contributed by atoms with van der Waals surface area (Å²) in [6, 6.07) is 0. The molecule has 0 aliphatic rings. The largest absolute Gasteiger partial charge is 0.301 e. The van der Waals surface area contributed by atoms with Crippen LogP contribution in [0.4, 0.5) is 0 Å². The van der Waals surface area contributed by atoms with Crippen LogP contribution in [0.1, 0.15) is 97.3 Å². The summed E-state index contributed by atoms with van der Waals surface area (Å²) in [5, 5.41) is 0. The van der Waals surface area contributed by atoms with Gasteiger partial charge in [0.25, 0.3) is 0 Å². The fourth-order valence-electron chi connectivity index (χ4n) is 2.25. The molecule has 1 N–H and O–H groups in total. The quantitative estimate of drug-likeness (QED) is 0.152. The number of halogens is 1. The number of rotatable bonds is 16. The molecular formula is C17H36BrNO. The van der Waals surface area contributed by atoms with Crippen molar-refractivity contribution in [3.8, 4) is 0 Å². The average molecular weight is 350 g/mol. The van der Waals surface area contributed by atoms with E-state index in [1.54, 1.807) is 0 Å². The Morgan fingerprint density at radius 3 is 1.65 bits per heavy atom. The first-order valence-electron chi connectivity index (χ1n) is 8.82. The van der Waals surface area contributed by atoms with Crippen molar-refractivity contribution in [3.05, 3.63) is 0 Å². The van der Waals surface area contributed by atoms with Crippen molar-refractivity contribution in [2.45, 2.75) is 102 Å². The Balaban J connectivity index is 2.96. The SMILES string of the molecule is CCCCCCCCCCCCCCONC(Br)CC. The Morgan fingerprint density at radius 1 is 0.750 bits per heavy atom. The molecule has 1 atom stereocenters. The molecule has 0 rings (SSSR count). The molecular weight excluding hydrogens is 314 g/mol. The molecule has 0 aromatic carbocycles. The highest BCUT2D eigenvalue weighted by Gasteiger charge is 1.98. The number of hydroxylamine groups is 1. The highest BCUT2D eigenvalue weighted by molar-refractivity contribution is 9.09. The lowest BCUT2D eigenvalue weighted by atomic mass is 10.1. The van der Waals surface area contributed by atoms with Gasteiger partial charge in [0.15, 0.2) is 0 Å². The summed E-state index contributed by atoms with van der Waals surface area (Å²) in [7, 11) is 0. The van der Waals surface area contributed by atoms with Crippen molar-refractivity contribution < 1.29 is 4.84 Å². The fourth-order valence-corrected chi connectivity index (χ4v) is 2.38. The van der Waals surface area contributed by atoms with E-state index in [-0.39, 0.29) is 0 Å². The maximum atomic E-state index is 5.38. The number of hydrogen-bond acceptors (Lipinski definition) is 2. The van der Waals surface area contributed by atoms with Crippen LogP contribution in [-0.2, 0) is 4.84 Å². The zero-order valence-electron chi connectivity index (χ0n) is 13.8. The molecule has 0 saturated carbocycles. The molecule has 3 heteroatoms. The lowest BCUT2D eigenvalue weighted by molar-refractivity contribution is 0.0328. The average Bonchev–Trinajstić information content (AvgIpc) is 2.47. The van der Waals surface area contributed by atoms with Gasteiger partial charge in [-0.15, -0.1) is 0 Å². The molecule has 122 valence electrons. The predicted octanol–water partition coefficient (Wildman–Crippen LogP) is 6.34. The minimum atomic E-state index is 0.292. The molecule has 1 unspecified atom stereocenters. The Bertz CT molecular complexity index is 178. The van der Waals surface area contributed by atoms with E-state index >= 15 is 0 Å². The van der Waals surface area contributed by atoms with Gasteiger partial charge in [0.1, 0.15) is 0 Å². The van der Waals surface area contributed by atoms with Crippen LogP contribution in [0.25, 0.3) is 0 Å². The van der Waals surface area contributed by atoms with Crippen LogP contribution >= 0.6 is 15.9 Å². The van der Waals surface area contributed by atoms with Gasteiger partial charge in [-0.05, 0) is 12.8 Å². The second kappa shape index (κ2) is 17.5. The van der Waals surface area contributed by atoms with Crippen LogP contribution < -0.4 is 5.48 Å². The second-order valence-corrected chi connectivity index (χ2v) is 6.84. The summed E-state index contributed by atoms with van der Waals surface area (Å²) >= 11 is 3.48. The molecule has 0 radical (unpaired) electrons. The first-order valence-corrected chi connectivity index (χ1v) is 9.74. The molecule has 0 aliphatic carbocycles. The zero-order chi connectivity index (χ0) is 14.9. The van der Waals surface area contributed by atoms with Gasteiger partial charge in [-0.1, -0.05) is 100 Å². The molecule has 0 bridgehead atoms. The van der Waals surface area contributed by atoms with E-state index in [2.05, 4.69) is 35.3 Å². The first kappa shape index (κ1) is 20.4. The monoisotopic (exact) mass is 349 g/mol. The van der Waals surface area contributed by atoms with Gasteiger partial charge in [0.05, 0.1) is 11.6 Å². The third-order valence-electron chi connectivity index (χ3n) is 3.67. The van der Waals surface area contributed by atoms with Crippen LogP contribution in [-0.4, -0.2) is 11.6 Å². The van der Waals surface area contributed by atoms with Crippen molar-refractivity contribution >= 4 is 15.9 Å². The van der Waals surface area contributed by atoms with Crippen molar-refractivity contribution in [1.29, 1.82) is 0 Å². The van der Waals surface area contributed by atoms with Crippen molar-refractivity contribution in [2.75, 3.05) is 6.61 Å². The van der Waals surface area contributed by atoms with E-state index in [0.717, 1.165) is 13.0 Å². The lowest BCUT2D eigenvalue weighted by Gasteiger charge is -2.09. The van der Waals surface area contributed by atoms with E-state index in [0.29, 0.717) is 4.95 Å². The van der Waals surface area contributed by atoms with Crippen LogP contribution in [0.5, 0.6) is 0 Å². The Labute approximate surface area is 135 Å². The van der Waals surface area contributed by atoms with Gasteiger partial charge in [-0.2, -0.15) is 5.48 Å². The minimum Gasteiger partial charge on any atom is -0.301 e. The third-order valence-corrected chi connectivity index (χ3v) is 4.50. The van der Waals surface area contributed by atoms with Gasteiger partial charge in [-0.3, -0.25) is 0 Å². The normalized spacial score (nSPS) is 12.8. The van der Waals surface area contributed by atoms with Gasteiger partial charge in [-0.25, -0.2) is 0 Å². The number of nitrogens with one attached hydrogen (secondary N) is 1.